The number of carbonyl (C=O) groups is 5. The number of Topliss-reactive ketones (excluding diaryl/α,β-unsaturated/α-hetero) is 2. The Hall–Kier alpha value is -3.81. The molecule has 2 amide bonds. The van der Waals surface area contributed by atoms with E-state index in [2.05, 4.69) is 10.6 Å². The van der Waals surface area contributed by atoms with Crippen LogP contribution in [0.15, 0.2) is 60.7 Å². The summed E-state index contributed by atoms with van der Waals surface area (Å²) in [5, 5.41) is 14.6. The first-order valence-electron chi connectivity index (χ1n) is 12.1. The van der Waals surface area contributed by atoms with Crippen molar-refractivity contribution in [3.05, 3.63) is 71.8 Å². The summed E-state index contributed by atoms with van der Waals surface area (Å²) in [6.45, 7) is 3.00. The second kappa shape index (κ2) is 14.6. The summed E-state index contributed by atoms with van der Waals surface area (Å²) in [7, 11) is 0. The van der Waals surface area contributed by atoms with Crippen molar-refractivity contribution in [2.24, 2.45) is 11.8 Å². The van der Waals surface area contributed by atoms with E-state index in [0.717, 1.165) is 11.1 Å². The average Bonchev–Trinajstić information content (AvgIpc) is 2.84. The zero-order valence-electron chi connectivity index (χ0n) is 20.7. The topological polar surface area (TPSA) is 130 Å². The van der Waals surface area contributed by atoms with Crippen LogP contribution in [0.5, 0.6) is 0 Å². The predicted molar refractivity (Wildman–Crippen MR) is 135 cm³/mol. The molecule has 0 unspecified atom stereocenters. The van der Waals surface area contributed by atoms with Crippen molar-refractivity contribution in [3.63, 3.8) is 0 Å². The number of hydrogen-bond acceptors (Lipinski definition) is 5. The monoisotopic (exact) mass is 494 g/mol. The molecule has 0 aromatic heterocycles. The summed E-state index contributed by atoms with van der Waals surface area (Å²) in [5.41, 5.74) is 1.69. The predicted octanol–water partition coefficient (Wildman–Crippen LogP) is 2.74. The third-order valence-electron chi connectivity index (χ3n) is 5.92. The van der Waals surface area contributed by atoms with E-state index >= 15 is 0 Å². The first kappa shape index (κ1) is 28.4. The maximum absolute atomic E-state index is 13.4. The van der Waals surface area contributed by atoms with Gasteiger partial charge in [-0.1, -0.05) is 67.6 Å². The number of hydrogen-bond donors (Lipinski definition) is 3. The summed E-state index contributed by atoms with van der Waals surface area (Å²) in [4.78, 5) is 61.6. The van der Waals surface area contributed by atoms with Crippen molar-refractivity contribution in [2.75, 3.05) is 6.54 Å². The normalized spacial score (nSPS) is 13.2. The number of benzene rings is 2. The SMILES string of the molecule is CC[C@@H](CNC(=O)[C@@H](CC(=O)[C@H](Cc1ccccc1)NC(=O)CC(C)=O)Cc1ccccc1)C(=O)O. The van der Waals surface area contributed by atoms with Gasteiger partial charge in [0.15, 0.2) is 5.78 Å². The van der Waals surface area contributed by atoms with Crippen LogP contribution in [0.4, 0.5) is 0 Å². The molecule has 3 N–H and O–H groups in total. The minimum absolute atomic E-state index is 0.0348. The van der Waals surface area contributed by atoms with Gasteiger partial charge in [0, 0.05) is 18.9 Å². The molecule has 3 atom stereocenters. The van der Waals surface area contributed by atoms with Gasteiger partial charge in [-0.25, -0.2) is 0 Å². The Morgan fingerprint density at radius 3 is 1.89 bits per heavy atom. The van der Waals surface area contributed by atoms with Crippen molar-refractivity contribution in [3.8, 4) is 0 Å². The van der Waals surface area contributed by atoms with Crippen molar-refractivity contribution in [1.82, 2.24) is 10.6 Å². The van der Waals surface area contributed by atoms with Crippen molar-refractivity contribution >= 4 is 29.4 Å². The number of carboxylic acids is 1. The molecule has 0 spiro atoms. The quantitative estimate of drug-likeness (QED) is 0.327. The number of carbonyl (C=O) groups excluding carboxylic acids is 4. The molecule has 2 rings (SSSR count). The summed E-state index contributed by atoms with van der Waals surface area (Å²) >= 11 is 0. The molecule has 0 aliphatic rings. The van der Waals surface area contributed by atoms with E-state index in [1.54, 1.807) is 6.92 Å². The number of nitrogens with one attached hydrogen (secondary N) is 2. The van der Waals surface area contributed by atoms with E-state index < -0.39 is 35.7 Å². The maximum Gasteiger partial charge on any atom is 0.308 e. The van der Waals surface area contributed by atoms with E-state index in [4.69, 9.17) is 0 Å². The van der Waals surface area contributed by atoms with Gasteiger partial charge in [0.05, 0.1) is 18.4 Å². The van der Waals surface area contributed by atoms with Crippen LogP contribution in [0.25, 0.3) is 0 Å². The highest BCUT2D eigenvalue weighted by molar-refractivity contribution is 5.99. The Labute approximate surface area is 211 Å². The van der Waals surface area contributed by atoms with E-state index in [-0.39, 0.29) is 43.8 Å². The third kappa shape index (κ3) is 9.82. The fourth-order valence-corrected chi connectivity index (χ4v) is 3.88. The lowest BCUT2D eigenvalue weighted by Gasteiger charge is -2.22. The zero-order valence-corrected chi connectivity index (χ0v) is 20.7. The van der Waals surface area contributed by atoms with Gasteiger partial charge in [-0.2, -0.15) is 0 Å². The Morgan fingerprint density at radius 1 is 0.833 bits per heavy atom. The highest BCUT2D eigenvalue weighted by atomic mass is 16.4. The molecular formula is C28H34N2O6. The molecule has 8 heteroatoms. The Kier molecular flexibility index (Phi) is 11.5. The van der Waals surface area contributed by atoms with Crippen LogP contribution in [0.1, 0.15) is 44.2 Å². The minimum Gasteiger partial charge on any atom is -0.481 e. The maximum atomic E-state index is 13.4. The first-order chi connectivity index (χ1) is 17.2. The molecule has 0 heterocycles. The molecule has 8 nitrogen and oxygen atoms in total. The Balaban J connectivity index is 2.22. The number of rotatable bonds is 15. The van der Waals surface area contributed by atoms with E-state index in [1.165, 1.54) is 6.92 Å². The van der Waals surface area contributed by atoms with Gasteiger partial charge < -0.3 is 15.7 Å². The minimum atomic E-state index is -0.996. The van der Waals surface area contributed by atoms with Crippen LogP contribution in [-0.2, 0) is 36.8 Å². The van der Waals surface area contributed by atoms with E-state index in [0.29, 0.717) is 6.42 Å². The van der Waals surface area contributed by atoms with E-state index in [1.807, 2.05) is 60.7 Å². The second-order valence-electron chi connectivity index (χ2n) is 8.93. The van der Waals surface area contributed by atoms with Gasteiger partial charge in [-0.15, -0.1) is 0 Å². The van der Waals surface area contributed by atoms with Gasteiger partial charge in [-0.05, 0) is 37.3 Å². The number of amides is 2. The molecule has 0 bridgehead atoms. The van der Waals surface area contributed by atoms with Gasteiger partial charge in [0.1, 0.15) is 5.78 Å². The molecule has 2 aromatic rings. The van der Waals surface area contributed by atoms with Crippen molar-refractivity contribution < 1.29 is 29.1 Å². The lowest BCUT2D eigenvalue weighted by atomic mass is 9.89. The van der Waals surface area contributed by atoms with Gasteiger partial charge in [-0.3, -0.25) is 24.0 Å². The highest BCUT2D eigenvalue weighted by Gasteiger charge is 2.29. The van der Waals surface area contributed by atoms with Crippen LogP contribution in [0.3, 0.4) is 0 Å². The van der Waals surface area contributed by atoms with Crippen LogP contribution in [-0.4, -0.2) is 47.0 Å². The molecule has 36 heavy (non-hydrogen) atoms. The van der Waals surface area contributed by atoms with Gasteiger partial charge in [0.25, 0.3) is 0 Å². The van der Waals surface area contributed by atoms with Gasteiger partial charge >= 0.3 is 5.97 Å². The lowest BCUT2D eigenvalue weighted by Crippen LogP contribution is -2.45. The van der Waals surface area contributed by atoms with E-state index in [9.17, 15) is 29.1 Å². The molecule has 192 valence electrons. The molecule has 0 aliphatic carbocycles. The van der Waals surface area contributed by atoms with Crippen LogP contribution < -0.4 is 10.6 Å². The van der Waals surface area contributed by atoms with Crippen molar-refractivity contribution in [1.29, 1.82) is 0 Å². The second-order valence-corrected chi connectivity index (χ2v) is 8.93. The average molecular weight is 495 g/mol. The Bertz CT molecular complexity index is 1040. The fraction of sp³-hybridized carbons (Fsp3) is 0.393. The summed E-state index contributed by atoms with van der Waals surface area (Å²) < 4.78 is 0. The molecule has 0 saturated heterocycles. The number of ketones is 2. The highest BCUT2D eigenvalue weighted by Crippen LogP contribution is 2.17. The summed E-state index contributed by atoms with van der Waals surface area (Å²) in [6, 6.07) is 17.5. The van der Waals surface area contributed by atoms with Crippen molar-refractivity contribution in [2.45, 2.75) is 52.0 Å². The van der Waals surface area contributed by atoms with Crippen LogP contribution in [0, 0.1) is 11.8 Å². The fourth-order valence-electron chi connectivity index (χ4n) is 3.88. The van der Waals surface area contributed by atoms with Crippen LogP contribution >= 0.6 is 0 Å². The Morgan fingerprint density at radius 2 is 1.39 bits per heavy atom. The largest absolute Gasteiger partial charge is 0.481 e. The molecule has 2 aromatic carbocycles. The molecule has 0 aliphatic heterocycles. The molecular weight excluding hydrogens is 460 g/mol. The summed E-state index contributed by atoms with van der Waals surface area (Å²) in [5.74, 6) is -4.09. The summed E-state index contributed by atoms with van der Waals surface area (Å²) in [6.07, 6.45) is 0.378. The first-order valence-corrected chi connectivity index (χ1v) is 12.1. The number of aliphatic carboxylic acids is 1. The molecule has 0 fully saturated rings. The standard InChI is InChI=1S/C28H34N2O6/c1-3-22(28(35)36)18-29-27(34)23(15-20-10-6-4-7-11-20)17-25(32)24(30-26(33)14-19(2)31)16-21-12-8-5-9-13-21/h4-13,22-24H,3,14-18H2,1-2H3,(H,29,34)(H,30,33)(H,35,36)/t22-,23+,24-/m0/s1. The van der Waals surface area contributed by atoms with Crippen LogP contribution in [0.2, 0.25) is 0 Å². The molecule has 0 radical (unpaired) electrons. The van der Waals surface area contributed by atoms with Gasteiger partial charge in [0.2, 0.25) is 11.8 Å². The lowest BCUT2D eigenvalue weighted by molar-refractivity contribution is -0.142. The molecule has 0 saturated carbocycles. The number of carboxylic acid groups (broad SMARTS) is 1. The zero-order chi connectivity index (χ0) is 26.5. The smallest absolute Gasteiger partial charge is 0.308 e. The third-order valence-corrected chi connectivity index (χ3v) is 5.92.